The number of carbonyl (C=O) groups excluding carboxylic acids is 1. The van der Waals surface area contributed by atoms with Crippen molar-refractivity contribution in [1.82, 2.24) is 4.98 Å². The number of rotatable bonds is 3. The Kier molecular flexibility index (Phi) is 4.20. The summed E-state index contributed by atoms with van der Waals surface area (Å²) in [5.74, 6) is -1.59. The van der Waals surface area contributed by atoms with Gasteiger partial charge >= 0.3 is 5.97 Å². The van der Waals surface area contributed by atoms with Crippen LogP contribution in [0, 0.1) is 5.82 Å². The maximum atomic E-state index is 14.0. The van der Waals surface area contributed by atoms with Crippen LogP contribution >= 0.6 is 0 Å². The van der Waals surface area contributed by atoms with Crippen molar-refractivity contribution in [2.24, 2.45) is 0 Å². The van der Waals surface area contributed by atoms with Crippen LogP contribution < -0.4 is 5.19 Å². The normalized spacial score (nSPS) is 11.3. The zero-order chi connectivity index (χ0) is 15.6. The van der Waals surface area contributed by atoms with Crippen molar-refractivity contribution < 1.29 is 19.3 Å². The summed E-state index contributed by atoms with van der Waals surface area (Å²) in [4.78, 5) is 19.0. The predicted octanol–water partition coefficient (Wildman–Crippen LogP) is 3.06. The zero-order valence-electron chi connectivity index (χ0n) is 12.1. The van der Waals surface area contributed by atoms with Gasteiger partial charge in [-0.2, -0.15) is 5.26 Å². The van der Waals surface area contributed by atoms with Crippen LogP contribution in [0.2, 0.25) is 19.6 Å². The number of pyridine rings is 1. The minimum Gasteiger partial charge on any atom is -0.296 e. The first-order chi connectivity index (χ1) is 9.82. The molecule has 0 aliphatic carbocycles. The van der Waals surface area contributed by atoms with Crippen molar-refractivity contribution in [2.75, 3.05) is 0 Å². The van der Waals surface area contributed by atoms with Crippen LogP contribution in [0.3, 0.4) is 0 Å². The molecule has 6 heteroatoms. The van der Waals surface area contributed by atoms with Crippen molar-refractivity contribution in [1.29, 1.82) is 0 Å². The largest absolute Gasteiger partial charge is 0.372 e. The molecule has 1 N–H and O–H groups in total. The highest BCUT2D eigenvalue weighted by Crippen LogP contribution is 2.21. The fourth-order valence-corrected chi connectivity index (χ4v) is 2.93. The Bertz CT molecular complexity index is 666. The second kappa shape index (κ2) is 5.75. The first kappa shape index (κ1) is 15.3. The van der Waals surface area contributed by atoms with E-state index in [4.69, 9.17) is 5.26 Å². The second-order valence-electron chi connectivity index (χ2n) is 5.76. The lowest BCUT2D eigenvalue weighted by molar-refractivity contribution is -0.182. The molecular formula is C15H16FNO3Si. The average molecular weight is 305 g/mol. The molecule has 4 nitrogen and oxygen atoms in total. The third-order valence-electron chi connectivity index (χ3n) is 3.19. The van der Waals surface area contributed by atoms with E-state index in [0.717, 1.165) is 6.07 Å². The van der Waals surface area contributed by atoms with E-state index < -0.39 is 19.9 Å². The number of nitrogens with zero attached hydrogens (tertiary/aromatic N) is 1. The topological polar surface area (TPSA) is 59.4 Å². The predicted molar refractivity (Wildman–Crippen MR) is 80.7 cm³/mol. The van der Waals surface area contributed by atoms with Gasteiger partial charge in [-0.15, -0.1) is 0 Å². The van der Waals surface area contributed by atoms with Crippen LogP contribution in [0.15, 0.2) is 36.5 Å². The smallest absolute Gasteiger partial charge is 0.296 e. The molecule has 1 heterocycles. The maximum absolute atomic E-state index is 14.0. The summed E-state index contributed by atoms with van der Waals surface area (Å²) in [5, 5.41) is 9.48. The molecule has 2 aromatic rings. The van der Waals surface area contributed by atoms with Crippen LogP contribution in [-0.2, 0) is 4.89 Å². The molecule has 0 saturated carbocycles. The zero-order valence-corrected chi connectivity index (χ0v) is 13.1. The Morgan fingerprint density at radius 1 is 1.24 bits per heavy atom. The first-order valence-electron chi connectivity index (χ1n) is 6.45. The number of hydrogen-bond acceptors (Lipinski definition) is 4. The van der Waals surface area contributed by atoms with E-state index in [-0.39, 0.29) is 5.56 Å². The molecule has 21 heavy (non-hydrogen) atoms. The summed E-state index contributed by atoms with van der Waals surface area (Å²) < 4.78 is 14.0. The van der Waals surface area contributed by atoms with Gasteiger partial charge in [0.15, 0.2) is 0 Å². The van der Waals surface area contributed by atoms with Gasteiger partial charge in [-0.1, -0.05) is 25.7 Å². The second-order valence-corrected chi connectivity index (χ2v) is 10.8. The maximum Gasteiger partial charge on any atom is 0.372 e. The molecule has 110 valence electrons. The highest BCUT2D eigenvalue weighted by atomic mass is 28.3. The summed E-state index contributed by atoms with van der Waals surface area (Å²) in [6.07, 6.45) is 1.77. The molecular weight excluding hydrogens is 289 g/mol. The fraction of sp³-hybridized carbons (Fsp3) is 0.200. The van der Waals surface area contributed by atoms with Gasteiger partial charge in [0.25, 0.3) is 0 Å². The molecule has 0 amide bonds. The summed E-state index contributed by atoms with van der Waals surface area (Å²) >= 11 is 0. The van der Waals surface area contributed by atoms with Crippen LogP contribution in [0.25, 0.3) is 11.3 Å². The van der Waals surface area contributed by atoms with E-state index in [9.17, 15) is 9.18 Å². The molecule has 0 fully saturated rings. The Labute approximate surface area is 123 Å². The van der Waals surface area contributed by atoms with Crippen molar-refractivity contribution in [3.8, 4) is 11.3 Å². The molecule has 0 aliphatic heterocycles. The molecule has 0 saturated heterocycles. The SMILES string of the molecule is C[Si](C)(C)c1ccc(-c2ccc(C(=O)OO)cc2F)nc1. The molecule has 0 atom stereocenters. The van der Waals surface area contributed by atoms with Gasteiger partial charge in [0.1, 0.15) is 5.82 Å². The van der Waals surface area contributed by atoms with Crippen LogP contribution in [0.1, 0.15) is 10.4 Å². The molecule has 0 radical (unpaired) electrons. The van der Waals surface area contributed by atoms with E-state index in [1.165, 1.54) is 17.3 Å². The molecule has 0 unspecified atom stereocenters. The van der Waals surface area contributed by atoms with Gasteiger partial charge in [0.2, 0.25) is 0 Å². The summed E-state index contributed by atoms with van der Waals surface area (Å²) in [6, 6.07) is 7.57. The molecule has 0 aliphatic rings. The Balaban J connectivity index is 2.36. The van der Waals surface area contributed by atoms with Crippen molar-refractivity contribution in [2.45, 2.75) is 19.6 Å². The number of benzene rings is 1. The standard InChI is InChI=1S/C15H16FNO3Si/c1-21(2,3)11-5-7-14(17-9-11)12-6-4-10(8-13(12)16)15(18)20-19/h4-9,19H,1-3H3. The number of hydrogen-bond donors (Lipinski definition) is 1. The van der Waals surface area contributed by atoms with Gasteiger partial charge in [0.05, 0.1) is 19.3 Å². The van der Waals surface area contributed by atoms with E-state index in [0.29, 0.717) is 11.3 Å². The minimum atomic E-state index is -1.44. The fourth-order valence-electron chi connectivity index (χ4n) is 1.90. The molecule has 0 spiro atoms. The van der Waals surface area contributed by atoms with E-state index in [2.05, 4.69) is 29.5 Å². The first-order valence-corrected chi connectivity index (χ1v) is 9.95. The van der Waals surface area contributed by atoms with Crippen LogP contribution in [-0.4, -0.2) is 24.3 Å². The summed E-state index contributed by atoms with van der Waals surface area (Å²) in [5.41, 5.74) is 0.738. The van der Waals surface area contributed by atoms with E-state index in [1.807, 2.05) is 6.07 Å². The summed E-state index contributed by atoms with van der Waals surface area (Å²) in [7, 11) is -1.44. The lowest BCUT2D eigenvalue weighted by Crippen LogP contribution is -2.37. The average Bonchev–Trinajstić information content (AvgIpc) is 2.45. The highest BCUT2D eigenvalue weighted by molar-refractivity contribution is 6.88. The number of halogens is 1. The van der Waals surface area contributed by atoms with Gasteiger partial charge in [-0.25, -0.2) is 9.18 Å². The lowest BCUT2D eigenvalue weighted by Gasteiger charge is -2.16. The van der Waals surface area contributed by atoms with E-state index >= 15 is 0 Å². The lowest BCUT2D eigenvalue weighted by atomic mass is 10.1. The summed E-state index contributed by atoms with van der Waals surface area (Å²) in [6.45, 7) is 6.62. The van der Waals surface area contributed by atoms with Gasteiger partial charge in [0, 0.05) is 11.8 Å². The molecule has 1 aromatic heterocycles. The van der Waals surface area contributed by atoms with E-state index in [1.54, 1.807) is 12.3 Å². The minimum absolute atomic E-state index is 0.0579. The molecule has 2 rings (SSSR count). The number of aromatic nitrogens is 1. The highest BCUT2D eigenvalue weighted by Gasteiger charge is 2.17. The quantitative estimate of drug-likeness (QED) is 0.538. The third-order valence-corrected chi connectivity index (χ3v) is 5.22. The molecule has 1 aromatic carbocycles. The van der Waals surface area contributed by atoms with Gasteiger partial charge in [-0.05, 0) is 29.5 Å². The monoisotopic (exact) mass is 305 g/mol. The van der Waals surface area contributed by atoms with Crippen molar-refractivity contribution >= 4 is 19.2 Å². The number of carbonyl (C=O) groups is 1. The van der Waals surface area contributed by atoms with Gasteiger partial charge < -0.3 is 0 Å². The van der Waals surface area contributed by atoms with Crippen molar-refractivity contribution in [3.63, 3.8) is 0 Å². The Morgan fingerprint density at radius 3 is 2.43 bits per heavy atom. The van der Waals surface area contributed by atoms with Crippen molar-refractivity contribution in [3.05, 3.63) is 47.9 Å². The third kappa shape index (κ3) is 3.34. The van der Waals surface area contributed by atoms with Gasteiger partial charge in [-0.3, -0.25) is 9.87 Å². The molecule has 0 bridgehead atoms. The van der Waals surface area contributed by atoms with Crippen LogP contribution in [0.4, 0.5) is 4.39 Å². The van der Waals surface area contributed by atoms with Crippen LogP contribution in [0.5, 0.6) is 0 Å². The Hall–Kier alpha value is -2.05. The Morgan fingerprint density at radius 2 is 1.95 bits per heavy atom.